The monoisotopic (exact) mass is 468 g/mol. The Kier molecular flexibility index (Phi) is 5.63. The van der Waals surface area contributed by atoms with Crippen LogP contribution in [0.5, 0.6) is 0 Å². The lowest BCUT2D eigenvalue weighted by molar-refractivity contribution is -0.926. The van der Waals surface area contributed by atoms with Crippen molar-refractivity contribution >= 4 is 29.2 Å². The van der Waals surface area contributed by atoms with Crippen LogP contribution in [-0.2, 0) is 15.1 Å². The molecule has 0 radical (unpaired) electrons. The summed E-state index contributed by atoms with van der Waals surface area (Å²) in [7, 11) is 4.24. The number of benzene rings is 2. The largest absolute Gasteiger partial charge is 0.459 e. The van der Waals surface area contributed by atoms with Gasteiger partial charge >= 0.3 is 5.97 Å². The van der Waals surface area contributed by atoms with Crippen LogP contribution in [0.15, 0.2) is 48.6 Å². The van der Waals surface area contributed by atoms with Crippen molar-refractivity contribution in [1.29, 1.82) is 0 Å². The molecule has 2 atom stereocenters. The molecule has 1 fully saturated rings. The zero-order valence-corrected chi connectivity index (χ0v) is 18.5. The number of rotatable bonds is 4. The summed E-state index contributed by atoms with van der Waals surface area (Å²) in [5, 5.41) is 11.2. The summed E-state index contributed by atoms with van der Waals surface area (Å²) in [6.07, 6.45) is 4.98. The van der Waals surface area contributed by atoms with E-state index in [0.717, 1.165) is 16.6 Å². The van der Waals surface area contributed by atoms with Gasteiger partial charge in [-0.2, -0.15) is 0 Å². The van der Waals surface area contributed by atoms with Crippen LogP contribution >= 0.6 is 23.2 Å². The van der Waals surface area contributed by atoms with Crippen LogP contribution in [0, 0.1) is 11.6 Å². The molecule has 2 bridgehead atoms. The lowest BCUT2D eigenvalue weighted by Gasteiger charge is -2.44. The van der Waals surface area contributed by atoms with Crippen LogP contribution in [0.1, 0.15) is 24.0 Å². The molecule has 0 aliphatic carbocycles. The summed E-state index contributed by atoms with van der Waals surface area (Å²) >= 11 is 11.5. The molecule has 0 saturated carbocycles. The third-order valence-corrected chi connectivity index (χ3v) is 7.13. The Bertz CT molecular complexity index is 1000. The lowest BCUT2D eigenvalue weighted by Crippen LogP contribution is -2.57. The smallest absolute Gasteiger partial charge is 0.347 e. The van der Waals surface area contributed by atoms with E-state index in [4.69, 9.17) is 27.9 Å². The number of hydrogen-bond acceptors (Lipinski definition) is 3. The molecule has 0 amide bonds. The molecule has 4 nitrogen and oxygen atoms in total. The zero-order valence-electron chi connectivity index (χ0n) is 17.0. The van der Waals surface area contributed by atoms with E-state index in [-0.39, 0.29) is 33.3 Å². The van der Waals surface area contributed by atoms with Crippen LogP contribution in [-0.4, -0.2) is 47.8 Å². The normalized spacial score (nSPS) is 24.3. The first-order chi connectivity index (χ1) is 14.5. The number of ether oxygens (including phenoxy) is 1. The van der Waals surface area contributed by atoms with Crippen LogP contribution < -0.4 is 0 Å². The molecule has 0 aromatic heterocycles. The van der Waals surface area contributed by atoms with Gasteiger partial charge in [0.25, 0.3) is 0 Å². The first kappa shape index (κ1) is 22.2. The van der Waals surface area contributed by atoms with Crippen molar-refractivity contribution in [3.8, 4) is 0 Å². The standard InChI is InChI=1S/C23H22Cl2F2NO3/c1-28(2)15-5-6-16(28)12-17(11-15)31-22(29)23(30,13-3-7-18(24)20(26)9-13)14-4-8-19(25)21(27)10-14/h3-10,15-17,30H,11-12H2,1-2H3/q+1. The SMILES string of the molecule is C[N+]1(C)C2C=CC1CC(OC(=O)C(O)(c1ccc(Cl)c(F)c1)c1ccc(Cl)c(F)c1)C2. The quantitative estimate of drug-likeness (QED) is 0.405. The third kappa shape index (κ3) is 3.76. The Morgan fingerprint density at radius 1 is 1.00 bits per heavy atom. The molecular formula is C23H22Cl2F2NO3+. The van der Waals surface area contributed by atoms with Gasteiger partial charge in [0, 0.05) is 24.0 Å². The second-order valence-corrected chi connectivity index (χ2v) is 9.43. The Morgan fingerprint density at radius 2 is 1.45 bits per heavy atom. The first-order valence-corrected chi connectivity index (χ1v) is 10.6. The van der Waals surface area contributed by atoms with Gasteiger partial charge in [-0.05, 0) is 36.4 Å². The number of fused-ring (bicyclic) bond motifs is 2. The fraction of sp³-hybridized carbons (Fsp3) is 0.348. The Hall–Kier alpha value is -1.99. The molecule has 2 heterocycles. The summed E-state index contributed by atoms with van der Waals surface area (Å²) in [4.78, 5) is 13.3. The molecule has 2 unspecified atom stereocenters. The van der Waals surface area contributed by atoms with Gasteiger partial charge in [0.15, 0.2) is 0 Å². The highest BCUT2D eigenvalue weighted by Crippen LogP contribution is 2.39. The number of carbonyl (C=O) groups is 1. The number of nitrogens with zero attached hydrogens (tertiary/aromatic N) is 1. The second-order valence-electron chi connectivity index (χ2n) is 8.62. The molecule has 2 aliphatic rings. The van der Waals surface area contributed by atoms with Gasteiger partial charge in [-0.15, -0.1) is 0 Å². The summed E-state index contributed by atoms with van der Waals surface area (Å²) in [5.74, 6) is -2.65. The van der Waals surface area contributed by atoms with Crippen LogP contribution in [0.4, 0.5) is 8.78 Å². The topological polar surface area (TPSA) is 46.5 Å². The average Bonchev–Trinajstić information content (AvgIpc) is 2.88. The molecule has 8 heteroatoms. The van der Waals surface area contributed by atoms with E-state index < -0.39 is 29.3 Å². The number of quaternary nitrogens is 1. The molecule has 2 aromatic rings. The van der Waals surface area contributed by atoms with Gasteiger partial charge < -0.3 is 14.3 Å². The number of carbonyl (C=O) groups excluding carboxylic acids is 1. The van der Waals surface area contributed by atoms with Gasteiger partial charge in [-0.3, -0.25) is 0 Å². The molecular weight excluding hydrogens is 447 g/mol. The predicted octanol–water partition coefficient (Wildman–Crippen LogP) is 4.60. The van der Waals surface area contributed by atoms with Crippen molar-refractivity contribution in [3.63, 3.8) is 0 Å². The van der Waals surface area contributed by atoms with Gasteiger partial charge in [0.1, 0.15) is 29.8 Å². The molecule has 31 heavy (non-hydrogen) atoms. The van der Waals surface area contributed by atoms with E-state index in [2.05, 4.69) is 26.2 Å². The number of halogens is 4. The number of esters is 1. The number of hydrogen-bond donors (Lipinski definition) is 1. The van der Waals surface area contributed by atoms with Crippen molar-refractivity contribution in [1.82, 2.24) is 0 Å². The number of piperidine rings is 1. The Morgan fingerprint density at radius 3 is 1.87 bits per heavy atom. The van der Waals surface area contributed by atoms with E-state index in [9.17, 15) is 18.7 Å². The zero-order chi connectivity index (χ0) is 22.6. The minimum atomic E-state index is -2.44. The maximum absolute atomic E-state index is 14.2. The highest BCUT2D eigenvalue weighted by Gasteiger charge is 2.49. The molecule has 164 valence electrons. The average molecular weight is 469 g/mol. The van der Waals surface area contributed by atoms with Crippen LogP contribution in [0.25, 0.3) is 0 Å². The van der Waals surface area contributed by atoms with Crippen molar-refractivity contribution in [2.75, 3.05) is 14.1 Å². The van der Waals surface area contributed by atoms with E-state index in [1.54, 1.807) is 0 Å². The van der Waals surface area contributed by atoms with E-state index in [0.29, 0.717) is 12.8 Å². The number of aliphatic hydroxyl groups is 1. The molecule has 2 aromatic carbocycles. The van der Waals surface area contributed by atoms with Crippen molar-refractivity contribution in [3.05, 3.63) is 81.4 Å². The fourth-order valence-corrected chi connectivity index (χ4v) is 4.69. The second kappa shape index (κ2) is 7.85. The summed E-state index contributed by atoms with van der Waals surface area (Å²) in [6, 6.07) is 7.33. The predicted molar refractivity (Wildman–Crippen MR) is 114 cm³/mol. The summed E-state index contributed by atoms with van der Waals surface area (Å²) < 4.78 is 34.9. The van der Waals surface area contributed by atoms with Gasteiger partial charge in [-0.1, -0.05) is 35.3 Å². The fourth-order valence-electron chi connectivity index (χ4n) is 4.46. The molecule has 0 spiro atoms. The van der Waals surface area contributed by atoms with E-state index in [1.165, 1.54) is 24.3 Å². The summed E-state index contributed by atoms with van der Waals surface area (Å²) in [5.41, 5.74) is -2.67. The Balaban J connectivity index is 1.70. The maximum Gasteiger partial charge on any atom is 0.347 e. The molecule has 2 aliphatic heterocycles. The lowest BCUT2D eigenvalue weighted by atomic mass is 9.86. The highest BCUT2D eigenvalue weighted by molar-refractivity contribution is 6.31. The minimum absolute atomic E-state index is 0.117. The summed E-state index contributed by atoms with van der Waals surface area (Å²) in [6.45, 7) is 0. The van der Waals surface area contributed by atoms with Gasteiger partial charge in [-0.25, -0.2) is 13.6 Å². The van der Waals surface area contributed by atoms with E-state index in [1.807, 2.05) is 0 Å². The van der Waals surface area contributed by atoms with Crippen molar-refractivity contribution < 1.29 is 27.9 Å². The maximum atomic E-state index is 14.2. The Labute approximate surface area is 189 Å². The van der Waals surface area contributed by atoms with Crippen molar-refractivity contribution in [2.24, 2.45) is 0 Å². The molecule has 4 rings (SSSR count). The van der Waals surface area contributed by atoms with Crippen LogP contribution in [0.2, 0.25) is 10.0 Å². The number of likely N-dealkylation sites (N-methyl/N-ethyl adjacent to an activating group) is 1. The minimum Gasteiger partial charge on any atom is -0.459 e. The molecule has 1 saturated heterocycles. The van der Waals surface area contributed by atoms with Gasteiger partial charge in [0.05, 0.1) is 24.1 Å². The first-order valence-electron chi connectivity index (χ1n) is 9.89. The van der Waals surface area contributed by atoms with Gasteiger partial charge in [0.2, 0.25) is 5.60 Å². The third-order valence-electron chi connectivity index (χ3n) is 6.52. The highest BCUT2D eigenvalue weighted by atomic mass is 35.5. The van der Waals surface area contributed by atoms with E-state index >= 15 is 0 Å². The van der Waals surface area contributed by atoms with Crippen LogP contribution in [0.3, 0.4) is 0 Å². The van der Waals surface area contributed by atoms with Crippen molar-refractivity contribution in [2.45, 2.75) is 36.6 Å². The molecule has 1 N–H and O–H groups in total.